The van der Waals surface area contributed by atoms with Crippen molar-refractivity contribution in [3.8, 4) is 5.75 Å². The van der Waals surface area contributed by atoms with Crippen molar-refractivity contribution >= 4 is 11.6 Å². The first kappa shape index (κ1) is 20.7. The molecular formula is C18H22F3N3O3. The average Bonchev–Trinajstić information content (AvgIpc) is 3.11. The lowest BCUT2D eigenvalue weighted by Gasteiger charge is -2.06. The molecule has 1 N–H and O–H groups in total. The predicted octanol–water partition coefficient (Wildman–Crippen LogP) is 4.62. The Labute approximate surface area is 155 Å². The van der Waals surface area contributed by atoms with Gasteiger partial charge in [0, 0.05) is 18.5 Å². The fraction of sp³-hybridized carbons (Fsp3) is 0.500. The molecule has 0 unspecified atom stereocenters. The van der Waals surface area contributed by atoms with Crippen molar-refractivity contribution in [1.29, 1.82) is 0 Å². The van der Waals surface area contributed by atoms with Gasteiger partial charge < -0.3 is 14.6 Å². The minimum Gasteiger partial charge on any atom is -0.497 e. The van der Waals surface area contributed by atoms with Crippen LogP contribution in [0.2, 0.25) is 0 Å². The number of ether oxygens (including phenoxy) is 1. The molecule has 0 saturated carbocycles. The van der Waals surface area contributed by atoms with Crippen LogP contribution in [0, 0.1) is 0 Å². The molecule has 2 aromatic rings. The van der Waals surface area contributed by atoms with Crippen LogP contribution in [-0.4, -0.2) is 23.2 Å². The van der Waals surface area contributed by atoms with Gasteiger partial charge in [-0.15, -0.1) is 0 Å². The van der Waals surface area contributed by atoms with E-state index < -0.39 is 12.1 Å². The smallest absolute Gasteiger partial charge is 0.471 e. The molecule has 1 aromatic heterocycles. The summed E-state index contributed by atoms with van der Waals surface area (Å²) >= 11 is 0. The lowest BCUT2D eigenvalue weighted by Crippen LogP contribution is -2.10. The summed E-state index contributed by atoms with van der Waals surface area (Å²) < 4.78 is 46.2. The van der Waals surface area contributed by atoms with E-state index in [-0.39, 0.29) is 11.7 Å². The molecule has 0 aliphatic heterocycles. The summed E-state index contributed by atoms with van der Waals surface area (Å²) in [5, 5.41) is 6.14. The van der Waals surface area contributed by atoms with E-state index in [9.17, 15) is 18.0 Å². The number of carbonyl (C=O) groups excluding carboxylic acids is 1. The summed E-state index contributed by atoms with van der Waals surface area (Å²) in [5.74, 6) is -0.559. The third-order valence-corrected chi connectivity index (χ3v) is 3.89. The van der Waals surface area contributed by atoms with Gasteiger partial charge in [-0.3, -0.25) is 4.79 Å². The van der Waals surface area contributed by atoms with Crippen LogP contribution in [0.3, 0.4) is 0 Å². The van der Waals surface area contributed by atoms with E-state index in [1.807, 2.05) is 0 Å². The minimum absolute atomic E-state index is 0.0494. The number of anilines is 1. The first-order valence-corrected chi connectivity index (χ1v) is 8.72. The van der Waals surface area contributed by atoms with E-state index in [4.69, 9.17) is 4.74 Å². The highest BCUT2D eigenvalue weighted by atomic mass is 19.4. The number of methoxy groups -OCH3 is 1. The van der Waals surface area contributed by atoms with Gasteiger partial charge in [0.2, 0.25) is 5.91 Å². The SMILES string of the molecule is COc1ccc(NC(=O)CCCCCCCc2noc(C(F)(F)F)n2)cc1. The summed E-state index contributed by atoms with van der Waals surface area (Å²) in [6.45, 7) is 0. The minimum atomic E-state index is -4.60. The molecule has 6 nitrogen and oxygen atoms in total. The lowest BCUT2D eigenvalue weighted by atomic mass is 10.1. The third kappa shape index (κ3) is 7.28. The Kier molecular flexibility index (Phi) is 7.63. The standard InChI is InChI=1S/C18H22F3N3O3/c1-26-14-11-9-13(10-12-14)22-16(25)8-6-4-2-3-5-7-15-23-17(27-24-15)18(19,20)21/h9-12H,2-8H2,1H3,(H,22,25). The number of hydrogen-bond donors (Lipinski definition) is 1. The molecule has 0 radical (unpaired) electrons. The molecule has 0 fully saturated rings. The van der Waals surface area contributed by atoms with Gasteiger partial charge in [0.05, 0.1) is 7.11 Å². The molecule has 0 aliphatic rings. The molecule has 1 aromatic carbocycles. The fourth-order valence-corrected chi connectivity index (χ4v) is 2.47. The van der Waals surface area contributed by atoms with Crippen molar-refractivity contribution in [2.45, 2.75) is 51.1 Å². The number of nitrogens with zero attached hydrogens (tertiary/aromatic N) is 2. The molecule has 0 atom stereocenters. The molecule has 2 rings (SSSR count). The number of alkyl halides is 3. The number of rotatable bonds is 10. The lowest BCUT2D eigenvalue weighted by molar-refractivity contribution is -0.159. The van der Waals surface area contributed by atoms with Gasteiger partial charge in [0.15, 0.2) is 5.82 Å². The quantitative estimate of drug-likeness (QED) is 0.604. The maximum atomic E-state index is 12.3. The van der Waals surface area contributed by atoms with Gasteiger partial charge in [0.1, 0.15) is 5.75 Å². The number of halogens is 3. The van der Waals surface area contributed by atoms with E-state index in [1.54, 1.807) is 31.4 Å². The molecule has 148 valence electrons. The zero-order chi connectivity index (χ0) is 19.7. The van der Waals surface area contributed by atoms with Crippen molar-refractivity contribution in [3.05, 3.63) is 36.0 Å². The number of nitrogens with one attached hydrogen (secondary N) is 1. The maximum Gasteiger partial charge on any atom is 0.471 e. The molecule has 1 heterocycles. The molecule has 9 heteroatoms. The normalized spacial score (nSPS) is 11.4. The second-order valence-corrected chi connectivity index (χ2v) is 6.06. The Morgan fingerprint density at radius 2 is 1.78 bits per heavy atom. The van der Waals surface area contributed by atoms with Gasteiger partial charge in [-0.05, 0) is 37.1 Å². The van der Waals surface area contributed by atoms with Gasteiger partial charge in [-0.25, -0.2) is 0 Å². The van der Waals surface area contributed by atoms with Gasteiger partial charge >= 0.3 is 12.1 Å². The van der Waals surface area contributed by atoms with E-state index in [0.717, 1.165) is 37.1 Å². The van der Waals surface area contributed by atoms with Gasteiger partial charge in [0.25, 0.3) is 0 Å². The number of amides is 1. The summed E-state index contributed by atoms with van der Waals surface area (Å²) in [6, 6.07) is 7.10. The van der Waals surface area contributed by atoms with Crippen molar-refractivity contribution in [1.82, 2.24) is 10.1 Å². The molecule has 0 saturated heterocycles. The number of hydrogen-bond acceptors (Lipinski definition) is 5. The van der Waals surface area contributed by atoms with Crippen LogP contribution >= 0.6 is 0 Å². The van der Waals surface area contributed by atoms with E-state index in [1.165, 1.54) is 0 Å². The summed E-state index contributed by atoms with van der Waals surface area (Å²) in [5.41, 5.74) is 0.721. The first-order chi connectivity index (χ1) is 12.9. The Balaban J connectivity index is 1.54. The van der Waals surface area contributed by atoms with Crippen LogP contribution in [-0.2, 0) is 17.4 Å². The van der Waals surface area contributed by atoms with Crippen molar-refractivity contribution in [3.63, 3.8) is 0 Å². The highest BCUT2D eigenvalue weighted by molar-refractivity contribution is 5.90. The van der Waals surface area contributed by atoms with E-state index >= 15 is 0 Å². The summed E-state index contributed by atoms with van der Waals surface area (Å²) in [4.78, 5) is 15.2. The molecule has 0 aliphatic carbocycles. The maximum absolute atomic E-state index is 12.3. The molecule has 0 bridgehead atoms. The Bertz CT molecular complexity index is 715. The van der Waals surface area contributed by atoms with Crippen LogP contribution < -0.4 is 10.1 Å². The number of benzene rings is 1. The second-order valence-electron chi connectivity index (χ2n) is 6.06. The van der Waals surface area contributed by atoms with E-state index in [2.05, 4.69) is 20.0 Å². The van der Waals surface area contributed by atoms with Crippen molar-refractivity contribution in [2.75, 3.05) is 12.4 Å². The third-order valence-electron chi connectivity index (χ3n) is 3.89. The monoisotopic (exact) mass is 385 g/mol. The number of aromatic nitrogens is 2. The predicted molar refractivity (Wildman–Crippen MR) is 92.3 cm³/mol. The highest BCUT2D eigenvalue weighted by Gasteiger charge is 2.38. The van der Waals surface area contributed by atoms with Crippen molar-refractivity contribution in [2.24, 2.45) is 0 Å². The fourth-order valence-electron chi connectivity index (χ4n) is 2.47. The van der Waals surface area contributed by atoms with Crippen LogP contribution in [0.25, 0.3) is 0 Å². The average molecular weight is 385 g/mol. The number of unbranched alkanes of at least 4 members (excludes halogenated alkanes) is 4. The second kappa shape index (κ2) is 9.94. The number of carbonyl (C=O) groups is 1. The number of aryl methyl sites for hydroxylation is 1. The zero-order valence-electron chi connectivity index (χ0n) is 15.0. The van der Waals surface area contributed by atoms with Gasteiger partial charge in [-0.2, -0.15) is 18.2 Å². The van der Waals surface area contributed by atoms with Crippen LogP contribution in [0.1, 0.15) is 50.2 Å². The Hall–Kier alpha value is -2.58. The van der Waals surface area contributed by atoms with Crippen LogP contribution in [0.5, 0.6) is 5.75 Å². The van der Waals surface area contributed by atoms with Crippen molar-refractivity contribution < 1.29 is 27.2 Å². The molecular weight excluding hydrogens is 363 g/mol. The molecule has 27 heavy (non-hydrogen) atoms. The first-order valence-electron chi connectivity index (χ1n) is 8.72. The molecule has 1 amide bonds. The summed E-state index contributed by atoms with van der Waals surface area (Å²) in [7, 11) is 1.58. The summed E-state index contributed by atoms with van der Waals surface area (Å²) in [6.07, 6.45) is 0.185. The largest absolute Gasteiger partial charge is 0.497 e. The Morgan fingerprint density at radius 1 is 1.11 bits per heavy atom. The highest BCUT2D eigenvalue weighted by Crippen LogP contribution is 2.27. The topological polar surface area (TPSA) is 77.2 Å². The van der Waals surface area contributed by atoms with Crippen LogP contribution in [0.4, 0.5) is 18.9 Å². The van der Waals surface area contributed by atoms with Gasteiger partial charge in [-0.1, -0.05) is 24.4 Å². The Morgan fingerprint density at radius 3 is 2.41 bits per heavy atom. The van der Waals surface area contributed by atoms with Crippen LogP contribution in [0.15, 0.2) is 28.8 Å². The van der Waals surface area contributed by atoms with E-state index in [0.29, 0.717) is 19.3 Å². The molecule has 0 spiro atoms. The zero-order valence-corrected chi connectivity index (χ0v) is 15.0.